The summed E-state index contributed by atoms with van der Waals surface area (Å²) in [6.45, 7) is 0.310. The van der Waals surface area contributed by atoms with Gasteiger partial charge in [0.2, 0.25) is 0 Å². The average molecular weight is 370 g/mol. The Morgan fingerprint density at radius 2 is 1.70 bits per heavy atom. The number of nitrogens with zero attached hydrogens (tertiary/aromatic N) is 2. The number of benzene rings is 2. The van der Waals surface area contributed by atoms with Crippen molar-refractivity contribution in [3.63, 3.8) is 0 Å². The van der Waals surface area contributed by atoms with Crippen molar-refractivity contribution in [2.24, 2.45) is 0 Å². The number of rotatable bonds is 6. The number of anilines is 2. The van der Waals surface area contributed by atoms with Gasteiger partial charge < -0.3 is 15.4 Å². The summed E-state index contributed by atoms with van der Waals surface area (Å²) in [5, 5.41) is 12.8. The highest BCUT2D eigenvalue weighted by molar-refractivity contribution is 5.92. The van der Waals surface area contributed by atoms with Gasteiger partial charge in [-0.3, -0.25) is 4.79 Å². The summed E-state index contributed by atoms with van der Waals surface area (Å²) in [6, 6.07) is 13.6. The quantitative estimate of drug-likeness (QED) is 0.695. The second-order valence-corrected chi connectivity index (χ2v) is 5.56. The highest BCUT2D eigenvalue weighted by Crippen LogP contribution is 2.21. The number of carbonyl (C=O) groups is 1. The van der Waals surface area contributed by atoms with Crippen LogP contribution >= 0.6 is 0 Å². The van der Waals surface area contributed by atoms with Gasteiger partial charge in [-0.15, -0.1) is 10.2 Å². The van der Waals surface area contributed by atoms with Crippen molar-refractivity contribution in [2.45, 2.75) is 6.54 Å². The lowest BCUT2D eigenvalue weighted by Crippen LogP contribution is -2.24. The van der Waals surface area contributed by atoms with Gasteiger partial charge in [0.25, 0.3) is 5.91 Å². The first kappa shape index (κ1) is 18.2. The number of amides is 1. The Morgan fingerprint density at radius 1 is 1.00 bits per heavy atom. The zero-order valence-corrected chi connectivity index (χ0v) is 14.4. The molecular formula is C19H16F2N4O2. The Labute approximate surface area is 154 Å². The standard InChI is InChI=1S/C19H16F2N4O2/c1-27-13-7-5-12(6-8-13)11-22-19(26)16-9-10-17(25-24-16)23-18-14(20)3-2-4-15(18)21/h2-10H,11H2,1H3,(H,22,26)(H,23,25). The molecule has 0 fully saturated rings. The van der Waals surface area contributed by atoms with Crippen LogP contribution in [0, 0.1) is 11.6 Å². The van der Waals surface area contributed by atoms with Crippen LogP contribution in [0.2, 0.25) is 0 Å². The summed E-state index contributed by atoms with van der Waals surface area (Å²) in [4.78, 5) is 12.1. The molecule has 1 aromatic heterocycles. The third-order valence-electron chi connectivity index (χ3n) is 3.73. The highest BCUT2D eigenvalue weighted by Gasteiger charge is 2.11. The van der Waals surface area contributed by atoms with E-state index in [1.165, 1.54) is 18.2 Å². The molecule has 0 bridgehead atoms. The lowest BCUT2D eigenvalue weighted by Gasteiger charge is -2.08. The van der Waals surface area contributed by atoms with E-state index in [-0.39, 0.29) is 17.2 Å². The number of para-hydroxylation sites is 1. The van der Waals surface area contributed by atoms with Gasteiger partial charge >= 0.3 is 0 Å². The maximum absolute atomic E-state index is 13.6. The Hall–Kier alpha value is -3.55. The van der Waals surface area contributed by atoms with E-state index in [2.05, 4.69) is 20.8 Å². The lowest BCUT2D eigenvalue weighted by atomic mass is 10.2. The number of hydrogen-bond acceptors (Lipinski definition) is 5. The molecule has 0 aliphatic carbocycles. The molecule has 6 nitrogen and oxygen atoms in total. The first-order chi connectivity index (χ1) is 13.1. The lowest BCUT2D eigenvalue weighted by molar-refractivity contribution is 0.0945. The smallest absolute Gasteiger partial charge is 0.272 e. The van der Waals surface area contributed by atoms with Crippen molar-refractivity contribution in [3.8, 4) is 5.75 Å². The van der Waals surface area contributed by atoms with Crippen LogP contribution in [0.5, 0.6) is 5.75 Å². The fourth-order valence-electron chi connectivity index (χ4n) is 2.28. The molecule has 0 saturated heterocycles. The molecule has 0 aliphatic rings. The largest absolute Gasteiger partial charge is 0.497 e. The number of hydrogen-bond donors (Lipinski definition) is 2. The van der Waals surface area contributed by atoms with Crippen LogP contribution in [0.25, 0.3) is 0 Å². The van der Waals surface area contributed by atoms with E-state index in [1.807, 2.05) is 12.1 Å². The molecule has 2 N–H and O–H groups in total. The molecule has 0 spiro atoms. The number of methoxy groups -OCH3 is 1. The number of ether oxygens (including phenoxy) is 1. The first-order valence-corrected chi connectivity index (χ1v) is 8.02. The molecule has 138 valence electrons. The minimum absolute atomic E-state index is 0.0862. The van der Waals surface area contributed by atoms with Crippen molar-refractivity contribution < 1.29 is 18.3 Å². The Balaban J connectivity index is 1.61. The molecule has 1 heterocycles. The van der Waals surface area contributed by atoms with Crippen LogP contribution in [0.1, 0.15) is 16.1 Å². The number of carbonyl (C=O) groups excluding carboxylic acids is 1. The summed E-state index contributed by atoms with van der Waals surface area (Å²) in [7, 11) is 1.58. The van der Waals surface area contributed by atoms with Gasteiger partial charge in [0, 0.05) is 6.54 Å². The van der Waals surface area contributed by atoms with E-state index in [4.69, 9.17) is 4.74 Å². The van der Waals surface area contributed by atoms with Gasteiger partial charge in [-0.25, -0.2) is 8.78 Å². The first-order valence-electron chi connectivity index (χ1n) is 8.02. The van der Waals surface area contributed by atoms with Crippen molar-refractivity contribution in [3.05, 3.63) is 77.5 Å². The number of halogens is 2. The minimum Gasteiger partial charge on any atom is -0.497 e. The Bertz CT molecular complexity index is 911. The summed E-state index contributed by atoms with van der Waals surface area (Å²) in [5.74, 6) is -1.07. The minimum atomic E-state index is -0.752. The predicted molar refractivity (Wildman–Crippen MR) is 95.8 cm³/mol. The fourth-order valence-corrected chi connectivity index (χ4v) is 2.28. The van der Waals surface area contributed by atoms with Crippen molar-refractivity contribution in [2.75, 3.05) is 12.4 Å². The van der Waals surface area contributed by atoms with Gasteiger partial charge in [-0.1, -0.05) is 18.2 Å². The molecule has 3 aromatic rings. The zero-order chi connectivity index (χ0) is 19.2. The molecule has 8 heteroatoms. The molecule has 3 rings (SSSR count). The van der Waals surface area contributed by atoms with Gasteiger partial charge in [0.05, 0.1) is 7.11 Å². The summed E-state index contributed by atoms with van der Waals surface area (Å²) >= 11 is 0. The third-order valence-corrected chi connectivity index (χ3v) is 3.73. The average Bonchev–Trinajstić information content (AvgIpc) is 2.70. The predicted octanol–water partition coefficient (Wildman–Crippen LogP) is 3.44. The summed E-state index contributed by atoms with van der Waals surface area (Å²) in [6.07, 6.45) is 0. The second kappa shape index (κ2) is 8.22. The van der Waals surface area contributed by atoms with Gasteiger partial charge in [-0.2, -0.15) is 0 Å². The van der Waals surface area contributed by atoms with Crippen molar-refractivity contribution in [1.29, 1.82) is 0 Å². The SMILES string of the molecule is COc1ccc(CNC(=O)c2ccc(Nc3c(F)cccc3F)nn2)cc1. The van der Waals surface area contributed by atoms with Crippen molar-refractivity contribution >= 4 is 17.4 Å². The van der Waals surface area contributed by atoms with E-state index >= 15 is 0 Å². The molecule has 2 aromatic carbocycles. The van der Waals surface area contributed by atoms with Crippen LogP contribution in [0.15, 0.2) is 54.6 Å². The zero-order valence-electron chi connectivity index (χ0n) is 14.4. The summed E-state index contributed by atoms with van der Waals surface area (Å²) in [5.41, 5.74) is 0.650. The maximum atomic E-state index is 13.6. The molecule has 27 heavy (non-hydrogen) atoms. The fraction of sp³-hybridized carbons (Fsp3) is 0.105. The van der Waals surface area contributed by atoms with Crippen LogP contribution in [0.4, 0.5) is 20.3 Å². The van der Waals surface area contributed by atoms with E-state index in [0.717, 1.165) is 23.4 Å². The molecule has 0 radical (unpaired) electrons. The Kier molecular flexibility index (Phi) is 5.55. The maximum Gasteiger partial charge on any atom is 0.272 e. The van der Waals surface area contributed by atoms with Crippen LogP contribution in [0.3, 0.4) is 0 Å². The van der Waals surface area contributed by atoms with Crippen molar-refractivity contribution in [1.82, 2.24) is 15.5 Å². The number of aromatic nitrogens is 2. The van der Waals surface area contributed by atoms with E-state index < -0.39 is 17.5 Å². The van der Waals surface area contributed by atoms with E-state index in [1.54, 1.807) is 19.2 Å². The van der Waals surface area contributed by atoms with Crippen LogP contribution in [-0.4, -0.2) is 23.2 Å². The van der Waals surface area contributed by atoms with Gasteiger partial charge in [-0.05, 0) is 42.0 Å². The highest BCUT2D eigenvalue weighted by atomic mass is 19.1. The van der Waals surface area contributed by atoms with Gasteiger partial charge in [0.1, 0.15) is 23.1 Å². The van der Waals surface area contributed by atoms with Crippen LogP contribution < -0.4 is 15.4 Å². The van der Waals surface area contributed by atoms with E-state index in [0.29, 0.717) is 6.54 Å². The third kappa shape index (κ3) is 4.55. The molecular weight excluding hydrogens is 354 g/mol. The Morgan fingerprint density at radius 3 is 2.30 bits per heavy atom. The van der Waals surface area contributed by atoms with E-state index in [9.17, 15) is 13.6 Å². The molecule has 1 amide bonds. The summed E-state index contributed by atoms with van der Waals surface area (Å²) < 4.78 is 32.3. The second-order valence-electron chi connectivity index (χ2n) is 5.56. The normalized spacial score (nSPS) is 10.3. The van der Waals surface area contributed by atoms with Crippen LogP contribution in [-0.2, 0) is 6.54 Å². The van der Waals surface area contributed by atoms with Gasteiger partial charge in [0.15, 0.2) is 11.5 Å². The number of nitrogens with one attached hydrogen (secondary N) is 2. The molecule has 0 atom stereocenters. The topological polar surface area (TPSA) is 76.1 Å². The molecule has 0 unspecified atom stereocenters. The monoisotopic (exact) mass is 370 g/mol. The molecule has 0 saturated carbocycles. The molecule has 0 aliphatic heterocycles.